The van der Waals surface area contributed by atoms with Gasteiger partial charge >= 0.3 is 0 Å². The van der Waals surface area contributed by atoms with Crippen LogP contribution >= 0.6 is 23.2 Å². The van der Waals surface area contributed by atoms with E-state index in [1.165, 1.54) is 0 Å². The zero-order valence-electron chi connectivity index (χ0n) is 16.9. The third kappa shape index (κ3) is 4.75. The van der Waals surface area contributed by atoms with Crippen LogP contribution in [0.15, 0.2) is 18.2 Å². The number of nitrogens with zero attached hydrogens (tertiary/aromatic N) is 2. The fraction of sp³-hybridized carbons (Fsp3) is 0.682. The van der Waals surface area contributed by atoms with Crippen LogP contribution in [0.1, 0.15) is 31.2 Å². The Bertz CT molecular complexity index is 710. The standard InChI is InChI=1S/C22H30Cl2N2O3/c23-18-1-2-19(20(24)15-18)22(5-11-28-12-6-22)21(27)26-7-3-17(4-8-26)16-25-9-13-29-14-10-25/h1-2,15,17H,3-14,16H2. The number of rotatable bonds is 4. The van der Waals surface area contributed by atoms with Crippen molar-refractivity contribution in [2.45, 2.75) is 31.1 Å². The summed E-state index contributed by atoms with van der Waals surface area (Å²) in [4.78, 5) is 18.3. The van der Waals surface area contributed by atoms with E-state index < -0.39 is 5.41 Å². The van der Waals surface area contributed by atoms with Gasteiger partial charge in [0.2, 0.25) is 5.91 Å². The van der Waals surface area contributed by atoms with Gasteiger partial charge in [0.25, 0.3) is 0 Å². The molecule has 4 rings (SSSR count). The predicted octanol–water partition coefficient (Wildman–Crippen LogP) is 3.61. The van der Waals surface area contributed by atoms with Crippen molar-refractivity contribution in [3.63, 3.8) is 0 Å². The van der Waals surface area contributed by atoms with Gasteiger partial charge in [-0.3, -0.25) is 9.69 Å². The van der Waals surface area contributed by atoms with E-state index in [2.05, 4.69) is 9.80 Å². The highest BCUT2D eigenvalue weighted by Crippen LogP contribution is 2.41. The molecule has 160 valence electrons. The van der Waals surface area contributed by atoms with Crippen molar-refractivity contribution in [2.24, 2.45) is 5.92 Å². The van der Waals surface area contributed by atoms with Gasteiger partial charge in [-0.1, -0.05) is 29.3 Å². The number of hydrogen-bond acceptors (Lipinski definition) is 4. The van der Waals surface area contributed by atoms with Gasteiger partial charge in [-0.05, 0) is 49.3 Å². The highest BCUT2D eigenvalue weighted by molar-refractivity contribution is 6.35. The minimum atomic E-state index is -0.600. The number of ether oxygens (including phenoxy) is 2. The quantitative estimate of drug-likeness (QED) is 0.716. The summed E-state index contributed by atoms with van der Waals surface area (Å²) < 4.78 is 11.0. The molecular formula is C22H30Cl2N2O3. The summed E-state index contributed by atoms with van der Waals surface area (Å²) in [6.45, 7) is 7.65. The maximum absolute atomic E-state index is 13.8. The van der Waals surface area contributed by atoms with Gasteiger partial charge in [0, 0.05) is 56.0 Å². The largest absolute Gasteiger partial charge is 0.381 e. The summed E-state index contributed by atoms with van der Waals surface area (Å²) in [6.07, 6.45) is 3.45. The Morgan fingerprint density at radius 2 is 1.66 bits per heavy atom. The number of morpholine rings is 1. The normalized spacial score (nSPS) is 23.9. The van der Waals surface area contributed by atoms with Crippen LogP contribution in [0.3, 0.4) is 0 Å². The van der Waals surface area contributed by atoms with Gasteiger partial charge < -0.3 is 14.4 Å². The second-order valence-corrected chi connectivity index (χ2v) is 9.31. The molecule has 0 atom stereocenters. The molecule has 5 nitrogen and oxygen atoms in total. The van der Waals surface area contributed by atoms with Crippen LogP contribution in [0.25, 0.3) is 0 Å². The maximum atomic E-state index is 13.8. The molecule has 0 bridgehead atoms. The molecule has 0 aromatic heterocycles. The Kier molecular flexibility index (Phi) is 7.02. The Labute approximate surface area is 183 Å². The molecule has 1 aromatic carbocycles. The van der Waals surface area contributed by atoms with Gasteiger partial charge in [0.05, 0.1) is 18.6 Å². The summed E-state index contributed by atoms with van der Waals surface area (Å²) >= 11 is 12.7. The SMILES string of the molecule is O=C(N1CCC(CN2CCOCC2)CC1)C1(c2ccc(Cl)cc2Cl)CCOCC1. The molecule has 3 aliphatic rings. The van der Waals surface area contributed by atoms with Crippen LogP contribution in [-0.2, 0) is 19.7 Å². The Hall–Kier alpha value is -0.850. The van der Waals surface area contributed by atoms with E-state index >= 15 is 0 Å². The van der Waals surface area contributed by atoms with Crippen LogP contribution in [-0.4, -0.2) is 74.9 Å². The number of benzene rings is 1. The van der Waals surface area contributed by atoms with E-state index in [1.807, 2.05) is 12.1 Å². The van der Waals surface area contributed by atoms with E-state index in [1.54, 1.807) is 6.07 Å². The summed E-state index contributed by atoms with van der Waals surface area (Å²) in [6, 6.07) is 5.51. The maximum Gasteiger partial charge on any atom is 0.233 e. The number of carbonyl (C=O) groups excluding carboxylic acids is 1. The molecule has 3 saturated heterocycles. The number of piperidine rings is 1. The van der Waals surface area contributed by atoms with Crippen molar-refractivity contribution in [1.82, 2.24) is 9.80 Å². The molecule has 0 saturated carbocycles. The number of hydrogen-bond donors (Lipinski definition) is 0. The van der Waals surface area contributed by atoms with Crippen molar-refractivity contribution in [3.8, 4) is 0 Å². The van der Waals surface area contributed by atoms with Gasteiger partial charge in [0.15, 0.2) is 0 Å². The van der Waals surface area contributed by atoms with Crippen molar-refractivity contribution < 1.29 is 14.3 Å². The smallest absolute Gasteiger partial charge is 0.233 e. The minimum absolute atomic E-state index is 0.204. The van der Waals surface area contributed by atoms with Crippen molar-refractivity contribution >= 4 is 29.1 Å². The minimum Gasteiger partial charge on any atom is -0.381 e. The van der Waals surface area contributed by atoms with Crippen molar-refractivity contribution in [1.29, 1.82) is 0 Å². The highest BCUT2D eigenvalue weighted by Gasteiger charge is 2.45. The summed E-state index contributed by atoms with van der Waals surface area (Å²) in [5.41, 5.74) is 0.295. The molecule has 3 aliphatic heterocycles. The summed E-state index contributed by atoms with van der Waals surface area (Å²) in [5.74, 6) is 0.858. The average molecular weight is 441 g/mol. The summed E-state index contributed by atoms with van der Waals surface area (Å²) in [7, 11) is 0. The fourth-order valence-corrected chi connectivity index (χ4v) is 5.56. The Morgan fingerprint density at radius 3 is 2.31 bits per heavy atom. The molecule has 29 heavy (non-hydrogen) atoms. The average Bonchev–Trinajstić information content (AvgIpc) is 2.75. The second kappa shape index (κ2) is 9.52. The first-order chi connectivity index (χ1) is 14.1. The molecule has 3 heterocycles. The lowest BCUT2D eigenvalue weighted by atomic mass is 9.72. The van der Waals surface area contributed by atoms with Gasteiger partial charge in [0.1, 0.15) is 0 Å². The first-order valence-electron chi connectivity index (χ1n) is 10.7. The molecule has 0 radical (unpaired) electrons. The number of likely N-dealkylation sites (tertiary alicyclic amines) is 1. The second-order valence-electron chi connectivity index (χ2n) is 8.47. The van der Waals surface area contributed by atoms with E-state index in [-0.39, 0.29) is 5.91 Å². The van der Waals surface area contributed by atoms with Crippen LogP contribution in [0.5, 0.6) is 0 Å². The zero-order valence-corrected chi connectivity index (χ0v) is 18.4. The molecule has 1 aromatic rings. The van der Waals surface area contributed by atoms with Crippen LogP contribution in [0.2, 0.25) is 10.0 Å². The number of amides is 1. The number of halogens is 2. The third-order valence-electron chi connectivity index (χ3n) is 6.72. The molecule has 0 aliphatic carbocycles. The fourth-order valence-electron chi connectivity index (χ4n) is 4.97. The lowest BCUT2D eigenvalue weighted by Gasteiger charge is -2.43. The first-order valence-corrected chi connectivity index (χ1v) is 11.5. The Morgan fingerprint density at radius 1 is 1.00 bits per heavy atom. The van der Waals surface area contributed by atoms with Crippen molar-refractivity contribution in [2.75, 3.05) is 59.2 Å². The molecule has 1 amide bonds. The van der Waals surface area contributed by atoms with Gasteiger partial charge in [-0.2, -0.15) is 0 Å². The number of carbonyl (C=O) groups is 1. The van der Waals surface area contributed by atoms with Crippen LogP contribution in [0, 0.1) is 5.92 Å². The molecule has 0 spiro atoms. The lowest BCUT2D eigenvalue weighted by Crippen LogP contribution is -2.53. The van der Waals surface area contributed by atoms with Gasteiger partial charge in [-0.15, -0.1) is 0 Å². The molecule has 0 N–H and O–H groups in total. The topological polar surface area (TPSA) is 42.0 Å². The molecule has 7 heteroatoms. The van der Waals surface area contributed by atoms with Crippen molar-refractivity contribution in [3.05, 3.63) is 33.8 Å². The first kappa shape index (κ1) is 21.4. The lowest BCUT2D eigenvalue weighted by molar-refractivity contribution is -0.143. The van der Waals surface area contributed by atoms with E-state index in [0.29, 0.717) is 42.0 Å². The summed E-state index contributed by atoms with van der Waals surface area (Å²) in [5, 5.41) is 1.17. The monoisotopic (exact) mass is 440 g/mol. The van der Waals surface area contributed by atoms with E-state index in [4.69, 9.17) is 32.7 Å². The Balaban J connectivity index is 1.45. The molecular weight excluding hydrogens is 411 g/mol. The van der Waals surface area contributed by atoms with E-state index in [0.717, 1.165) is 64.3 Å². The van der Waals surface area contributed by atoms with Crippen LogP contribution in [0.4, 0.5) is 0 Å². The van der Waals surface area contributed by atoms with Gasteiger partial charge in [-0.25, -0.2) is 0 Å². The van der Waals surface area contributed by atoms with Crippen LogP contribution < -0.4 is 0 Å². The molecule has 0 unspecified atom stereocenters. The zero-order chi connectivity index (χ0) is 20.3. The van der Waals surface area contributed by atoms with E-state index in [9.17, 15) is 4.79 Å². The highest BCUT2D eigenvalue weighted by atomic mass is 35.5. The molecule has 3 fully saturated rings. The predicted molar refractivity (Wildman–Crippen MR) is 115 cm³/mol. The third-order valence-corrected chi connectivity index (χ3v) is 7.27.